The Morgan fingerprint density at radius 3 is 2.69 bits per heavy atom. The summed E-state index contributed by atoms with van der Waals surface area (Å²) in [4.78, 5) is 20.6. The van der Waals surface area contributed by atoms with Crippen molar-refractivity contribution in [1.29, 1.82) is 0 Å². The van der Waals surface area contributed by atoms with E-state index < -0.39 is 0 Å². The lowest BCUT2D eigenvalue weighted by Crippen LogP contribution is -2.37. The second-order valence-corrected chi connectivity index (χ2v) is 6.73. The van der Waals surface area contributed by atoms with Gasteiger partial charge in [0.15, 0.2) is 5.96 Å². The summed E-state index contributed by atoms with van der Waals surface area (Å²) < 4.78 is 7.36. The zero-order valence-electron chi connectivity index (χ0n) is 16.9. The molecular weight excluding hydrogens is 366 g/mol. The molecule has 0 radical (unpaired) electrons. The van der Waals surface area contributed by atoms with Gasteiger partial charge in [0.2, 0.25) is 5.89 Å². The van der Waals surface area contributed by atoms with Crippen LogP contribution in [0.15, 0.2) is 69.0 Å². The predicted octanol–water partition coefficient (Wildman–Crippen LogP) is 2.96. The summed E-state index contributed by atoms with van der Waals surface area (Å²) in [6.45, 7) is 3.97. The monoisotopic (exact) mass is 393 g/mol. The van der Waals surface area contributed by atoms with Crippen LogP contribution in [0, 0.1) is 6.92 Å². The average Bonchev–Trinajstić information content (AvgIpc) is 3.21. The molecular formula is C22H27N5O2. The van der Waals surface area contributed by atoms with Crippen LogP contribution in [-0.4, -0.2) is 29.1 Å². The number of nitrogens with zero attached hydrogens (tertiary/aromatic N) is 3. The largest absolute Gasteiger partial charge is 0.444 e. The molecule has 0 fully saturated rings. The fraction of sp³-hybridized carbons (Fsp3) is 0.318. The minimum Gasteiger partial charge on any atom is -0.444 e. The molecule has 152 valence electrons. The number of aliphatic imine (C=N–C) groups is 1. The van der Waals surface area contributed by atoms with Crippen LogP contribution in [0.4, 0.5) is 0 Å². The van der Waals surface area contributed by atoms with Gasteiger partial charge in [0.25, 0.3) is 5.56 Å². The van der Waals surface area contributed by atoms with E-state index in [0.29, 0.717) is 18.4 Å². The normalized spacial score (nSPS) is 11.4. The van der Waals surface area contributed by atoms with Crippen molar-refractivity contribution < 1.29 is 4.42 Å². The summed E-state index contributed by atoms with van der Waals surface area (Å²) in [6, 6.07) is 15.2. The molecule has 0 aliphatic rings. The van der Waals surface area contributed by atoms with Gasteiger partial charge in [0, 0.05) is 37.5 Å². The number of hydrogen-bond acceptors (Lipinski definition) is 4. The molecule has 2 aromatic heterocycles. The Kier molecular flexibility index (Phi) is 7.22. The highest BCUT2D eigenvalue weighted by atomic mass is 16.3. The summed E-state index contributed by atoms with van der Waals surface area (Å²) >= 11 is 0. The van der Waals surface area contributed by atoms with Gasteiger partial charge in [0.1, 0.15) is 6.26 Å². The van der Waals surface area contributed by atoms with Crippen LogP contribution in [0.3, 0.4) is 0 Å². The van der Waals surface area contributed by atoms with Crippen LogP contribution in [0.1, 0.15) is 24.2 Å². The first-order chi connectivity index (χ1) is 14.2. The van der Waals surface area contributed by atoms with Crippen molar-refractivity contribution in [2.75, 3.05) is 13.6 Å². The highest BCUT2D eigenvalue weighted by Gasteiger charge is 2.07. The number of guanidine groups is 1. The molecule has 7 heteroatoms. The quantitative estimate of drug-likeness (QED) is 0.349. The van der Waals surface area contributed by atoms with E-state index in [1.807, 2.05) is 47.9 Å². The van der Waals surface area contributed by atoms with E-state index >= 15 is 0 Å². The summed E-state index contributed by atoms with van der Waals surface area (Å²) in [5.41, 5.74) is 2.81. The van der Waals surface area contributed by atoms with Crippen LogP contribution in [-0.2, 0) is 13.1 Å². The van der Waals surface area contributed by atoms with Crippen molar-refractivity contribution in [1.82, 2.24) is 20.2 Å². The van der Waals surface area contributed by atoms with Crippen LogP contribution >= 0.6 is 0 Å². The Morgan fingerprint density at radius 2 is 1.93 bits per heavy atom. The molecule has 3 aromatic rings. The van der Waals surface area contributed by atoms with Gasteiger partial charge in [-0.2, -0.15) is 0 Å². The fourth-order valence-electron chi connectivity index (χ4n) is 3.01. The maximum atomic E-state index is 11.9. The van der Waals surface area contributed by atoms with Gasteiger partial charge in [-0.25, -0.2) is 4.98 Å². The molecule has 2 heterocycles. The Morgan fingerprint density at radius 1 is 1.10 bits per heavy atom. The Bertz CT molecular complexity index is 992. The number of unbranched alkanes of at least 4 members (excludes halogenated alkanes) is 1. The van der Waals surface area contributed by atoms with Crippen LogP contribution in [0.2, 0.25) is 0 Å². The number of aromatic nitrogens is 2. The van der Waals surface area contributed by atoms with Crippen molar-refractivity contribution in [3.63, 3.8) is 0 Å². The molecule has 0 spiro atoms. The van der Waals surface area contributed by atoms with E-state index in [1.54, 1.807) is 25.4 Å². The molecule has 2 N–H and O–H groups in total. The number of aryl methyl sites for hydroxylation is 1. The number of hydrogen-bond donors (Lipinski definition) is 2. The predicted molar refractivity (Wildman–Crippen MR) is 115 cm³/mol. The topological polar surface area (TPSA) is 84.5 Å². The average molecular weight is 393 g/mol. The molecule has 0 aliphatic heterocycles. The minimum absolute atomic E-state index is 0.0536. The van der Waals surface area contributed by atoms with Gasteiger partial charge in [-0.3, -0.25) is 9.79 Å². The fourth-order valence-corrected chi connectivity index (χ4v) is 3.01. The minimum atomic E-state index is 0.0536. The summed E-state index contributed by atoms with van der Waals surface area (Å²) in [5, 5.41) is 6.53. The molecule has 0 amide bonds. The van der Waals surface area contributed by atoms with Gasteiger partial charge in [-0.15, -0.1) is 0 Å². The van der Waals surface area contributed by atoms with Crippen LogP contribution in [0.5, 0.6) is 0 Å². The number of benzene rings is 1. The lowest BCUT2D eigenvalue weighted by Gasteiger charge is -2.12. The SMILES string of the molecule is CN=C(NCCCCn1c(C)cccc1=O)NCc1coc(-c2ccccc2)n1. The second-order valence-electron chi connectivity index (χ2n) is 6.73. The van der Waals surface area contributed by atoms with Crippen molar-refractivity contribution in [3.05, 3.63) is 76.5 Å². The van der Waals surface area contributed by atoms with E-state index in [-0.39, 0.29) is 5.56 Å². The van der Waals surface area contributed by atoms with Crippen molar-refractivity contribution >= 4 is 5.96 Å². The summed E-state index contributed by atoms with van der Waals surface area (Å²) in [5.74, 6) is 1.32. The molecule has 0 aliphatic carbocycles. The lowest BCUT2D eigenvalue weighted by molar-refractivity contribution is 0.571. The summed E-state index contributed by atoms with van der Waals surface area (Å²) in [7, 11) is 1.74. The highest BCUT2D eigenvalue weighted by Crippen LogP contribution is 2.17. The zero-order chi connectivity index (χ0) is 20.5. The van der Waals surface area contributed by atoms with Gasteiger partial charge in [0.05, 0.1) is 12.2 Å². The van der Waals surface area contributed by atoms with E-state index in [1.165, 1.54) is 0 Å². The molecule has 3 rings (SSSR count). The zero-order valence-corrected chi connectivity index (χ0v) is 16.9. The number of rotatable bonds is 8. The van der Waals surface area contributed by atoms with Crippen molar-refractivity contribution in [2.45, 2.75) is 32.9 Å². The van der Waals surface area contributed by atoms with Gasteiger partial charge >= 0.3 is 0 Å². The van der Waals surface area contributed by atoms with Crippen molar-refractivity contribution in [3.8, 4) is 11.5 Å². The molecule has 1 aromatic carbocycles. The number of nitrogens with one attached hydrogen (secondary N) is 2. The Labute approximate surface area is 170 Å². The smallest absolute Gasteiger partial charge is 0.250 e. The molecule has 0 saturated carbocycles. The van der Waals surface area contributed by atoms with Crippen LogP contribution in [0.25, 0.3) is 11.5 Å². The van der Waals surface area contributed by atoms with E-state index in [9.17, 15) is 4.79 Å². The van der Waals surface area contributed by atoms with E-state index in [0.717, 1.165) is 42.9 Å². The first-order valence-electron chi connectivity index (χ1n) is 9.78. The van der Waals surface area contributed by atoms with Gasteiger partial charge in [-0.1, -0.05) is 24.3 Å². The Hall–Kier alpha value is -3.35. The number of pyridine rings is 1. The molecule has 0 atom stereocenters. The maximum Gasteiger partial charge on any atom is 0.250 e. The molecule has 29 heavy (non-hydrogen) atoms. The van der Waals surface area contributed by atoms with Gasteiger partial charge < -0.3 is 19.6 Å². The van der Waals surface area contributed by atoms with E-state index in [4.69, 9.17) is 4.42 Å². The molecule has 0 unspecified atom stereocenters. The highest BCUT2D eigenvalue weighted by molar-refractivity contribution is 5.79. The first-order valence-corrected chi connectivity index (χ1v) is 9.78. The second kappa shape index (κ2) is 10.3. The van der Waals surface area contributed by atoms with Gasteiger partial charge in [-0.05, 0) is 38.0 Å². The third-order valence-corrected chi connectivity index (χ3v) is 4.60. The third-order valence-electron chi connectivity index (χ3n) is 4.60. The first kappa shape index (κ1) is 20.4. The maximum absolute atomic E-state index is 11.9. The van der Waals surface area contributed by atoms with E-state index in [2.05, 4.69) is 20.6 Å². The number of oxazole rings is 1. The Balaban J connectivity index is 1.40. The molecule has 7 nitrogen and oxygen atoms in total. The third kappa shape index (κ3) is 5.81. The lowest BCUT2D eigenvalue weighted by atomic mass is 10.2. The van der Waals surface area contributed by atoms with Crippen molar-refractivity contribution in [2.24, 2.45) is 4.99 Å². The van der Waals surface area contributed by atoms with Crippen LogP contribution < -0.4 is 16.2 Å². The standard InChI is InChI=1S/C22H27N5O2/c1-17-9-8-12-20(28)27(17)14-7-6-13-24-22(23-2)25-15-19-16-29-21(26-19)18-10-4-3-5-11-18/h3-5,8-12,16H,6-7,13-15H2,1-2H3,(H2,23,24,25). The summed E-state index contributed by atoms with van der Waals surface area (Å²) in [6.07, 6.45) is 3.50. The molecule has 0 saturated heterocycles. The molecule has 0 bridgehead atoms.